The molecule has 112 valence electrons. The van der Waals surface area contributed by atoms with E-state index < -0.39 is 0 Å². The molecule has 22 heavy (non-hydrogen) atoms. The first kappa shape index (κ1) is 14.3. The Bertz CT molecular complexity index is 715. The average Bonchev–Trinajstić information content (AvgIpc) is 3.03. The molecule has 0 bridgehead atoms. The largest absolute Gasteiger partial charge is 0.493 e. The number of benzene rings is 2. The van der Waals surface area contributed by atoms with E-state index in [1.807, 2.05) is 36.4 Å². The molecule has 1 aliphatic heterocycles. The van der Waals surface area contributed by atoms with Crippen LogP contribution in [0.4, 0.5) is 0 Å². The maximum atomic E-state index is 5.79. The highest BCUT2D eigenvalue weighted by Gasteiger charge is 2.15. The van der Waals surface area contributed by atoms with Crippen molar-refractivity contribution in [2.24, 2.45) is 0 Å². The highest BCUT2D eigenvalue weighted by atomic mass is 16.5. The summed E-state index contributed by atoms with van der Waals surface area (Å²) in [5, 5.41) is 0. The standard InChI is InChI=1S/C19H18O3/c1-20-17-9-8-16(12-19(17)21-2)18-11-15(13-22-18)10-14-6-4-3-5-7-14/h3-12H,13H2,1-2H3/b15-10-. The Labute approximate surface area is 130 Å². The maximum Gasteiger partial charge on any atom is 0.161 e. The lowest BCUT2D eigenvalue weighted by Crippen LogP contribution is -1.93. The summed E-state index contributed by atoms with van der Waals surface area (Å²) in [6.07, 6.45) is 4.20. The van der Waals surface area contributed by atoms with Gasteiger partial charge in [-0.25, -0.2) is 0 Å². The van der Waals surface area contributed by atoms with Crippen LogP contribution in [0.25, 0.3) is 11.8 Å². The van der Waals surface area contributed by atoms with Crippen molar-refractivity contribution in [3.05, 3.63) is 71.3 Å². The van der Waals surface area contributed by atoms with Crippen molar-refractivity contribution in [2.45, 2.75) is 0 Å². The summed E-state index contributed by atoms with van der Waals surface area (Å²) in [5.41, 5.74) is 3.30. The minimum Gasteiger partial charge on any atom is -0.493 e. The quantitative estimate of drug-likeness (QED) is 0.847. The second-order valence-electron chi connectivity index (χ2n) is 5.00. The van der Waals surface area contributed by atoms with Gasteiger partial charge in [0.25, 0.3) is 0 Å². The number of hydrogen-bond acceptors (Lipinski definition) is 3. The van der Waals surface area contributed by atoms with Crippen LogP contribution in [-0.2, 0) is 4.74 Å². The average molecular weight is 294 g/mol. The van der Waals surface area contributed by atoms with Crippen LogP contribution in [0.2, 0.25) is 0 Å². The fraction of sp³-hybridized carbons (Fsp3) is 0.158. The van der Waals surface area contributed by atoms with E-state index in [2.05, 4.69) is 24.3 Å². The molecule has 2 aromatic rings. The normalized spacial score (nSPS) is 15.4. The number of ether oxygens (including phenoxy) is 3. The number of methoxy groups -OCH3 is 2. The zero-order valence-corrected chi connectivity index (χ0v) is 12.7. The second kappa shape index (κ2) is 6.39. The molecular formula is C19H18O3. The fourth-order valence-corrected chi connectivity index (χ4v) is 2.42. The molecule has 0 aromatic heterocycles. The second-order valence-corrected chi connectivity index (χ2v) is 5.00. The van der Waals surface area contributed by atoms with E-state index in [1.54, 1.807) is 14.2 Å². The van der Waals surface area contributed by atoms with Gasteiger partial charge in [0, 0.05) is 5.56 Å². The summed E-state index contributed by atoms with van der Waals surface area (Å²) in [6.45, 7) is 0.582. The van der Waals surface area contributed by atoms with E-state index in [4.69, 9.17) is 14.2 Å². The molecule has 0 aliphatic carbocycles. The van der Waals surface area contributed by atoms with E-state index in [0.29, 0.717) is 18.1 Å². The van der Waals surface area contributed by atoms with Crippen LogP contribution in [0.3, 0.4) is 0 Å². The Kier molecular flexibility index (Phi) is 4.15. The van der Waals surface area contributed by atoms with Crippen molar-refractivity contribution >= 4 is 11.8 Å². The Balaban J connectivity index is 1.87. The monoisotopic (exact) mass is 294 g/mol. The summed E-state index contributed by atoms with van der Waals surface area (Å²) in [6, 6.07) is 16.0. The summed E-state index contributed by atoms with van der Waals surface area (Å²) >= 11 is 0. The molecule has 0 saturated heterocycles. The predicted molar refractivity (Wildman–Crippen MR) is 87.9 cm³/mol. The van der Waals surface area contributed by atoms with Gasteiger partial charge in [-0.05, 0) is 41.5 Å². The van der Waals surface area contributed by atoms with E-state index in [1.165, 1.54) is 5.56 Å². The number of hydrogen-bond donors (Lipinski definition) is 0. The van der Waals surface area contributed by atoms with Crippen LogP contribution in [0.1, 0.15) is 11.1 Å². The lowest BCUT2D eigenvalue weighted by Gasteiger charge is -2.09. The van der Waals surface area contributed by atoms with Gasteiger partial charge in [0.1, 0.15) is 12.4 Å². The zero-order valence-electron chi connectivity index (χ0n) is 12.7. The van der Waals surface area contributed by atoms with Gasteiger partial charge in [0.05, 0.1) is 14.2 Å². The van der Waals surface area contributed by atoms with Crippen molar-refractivity contribution in [3.63, 3.8) is 0 Å². The molecule has 0 radical (unpaired) electrons. The highest BCUT2D eigenvalue weighted by Crippen LogP contribution is 2.33. The van der Waals surface area contributed by atoms with Gasteiger partial charge in [-0.3, -0.25) is 0 Å². The molecule has 0 saturated carbocycles. The Morgan fingerprint density at radius 1 is 0.955 bits per heavy atom. The SMILES string of the molecule is COc1ccc(C2=C/C(=C/c3ccccc3)CO2)cc1OC. The maximum absolute atomic E-state index is 5.79. The summed E-state index contributed by atoms with van der Waals surface area (Å²) < 4.78 is 16.4. The van der Waals surface area contributed by atoms with Crippen LogP contribution in [0.5, 0.6) is 11.5 Å². The highest BCUT2D eigenvalue weighted by molar-refractivity contribution is 5.71. The Morgan fingerprint density at radius 2 is 1.73 bits per heavy atom. The van der Waals surface area contributed by atoms with Gasteiger partial charge in [-0.2, -0.15) is 0 Å². The third-order valence-electron chi connectivity index (χ3n) is 3.53. The van der Waals surface area contributed by atoms with Crippen LogP contribution in [0.15, 0.2) is 60.2 Å². The molecule has 1 heterocycles. The van der Waals surface area contributed by atoms with E-state index in [0.717, 1.165) is 16.9 Å². The fourth-order valence-electron chi connectivity index (χ4n) is 2.42. The topological polar surface area (TPSA) is 27.7 Å². The lowest BCUT2D eigenvalue weighted by atomic mass is 10.1. The van der Waals surface area contributed by atoms with Crippen LogP contribution in [-0.4, -0.2) is 20.8 Å². The summed E-state index contributed by atoms with van der Waals surface area (Å²) in [4.78, 5) is 0. The molecule has 1 aliphatic rings. The lowest BCUT2D eigenvalue weighted by molar-refractivity contribution is 0.329. The first-order valence-corrected chi connectivity index (χ1v) is 7.12. The smallest absolute Gasteiger partial charge is 0.161 e. The van der Waals surface area contributed by atoms with Gasteiger partial charge >= 0.3 is 0 Å². The van der Waals surface area contributed by atoms with Gasteiger partial charge in [-0.15, -0.1) is 0 Å². The van der Waals surface area contributed by atoms with E-state index >= 15 is 0 Å². The zero-order chi connectivity index (χ0) is 15.4. The number of rotatable bonds is 4. The predicted octanol–water partition coefficient (Wildman–Crippen LogP) is 4.16. The van der Waals surface area contributed by atoms with E-state index in [-0.39, 0.29) is 0 Å². The Hall–Kier alpha value is -2.68. The van der Waals surface area contributed by atoms with Crippen LogP contribution >= 0.6 is 0 Å². The molecule has 0 amide bonds. The van der Waals surface area contributed by atoms with Crippen LogP contribution < -0.4 is 9.47 Å². The molecule has 3 rings (SSSR count). The minimum absolute atomic E-state index is 0.582. The molecular weight excluding hydrogens is 276 g/mol. The van der Waals surface area contributed by atoms with Gasteiger partial charge in [-0.1, -0.05) is 30.3 Å². The molecule has 3 heteroatoms. The van der Waals surface area contributed by atoms with Gasteiger partial charge < -0.3 is 14.2 Å². The first-order valence-electron chi connectivity index (χ1n) is 7.12. The first-order chi connectivity index (χ1) is 10.8. The van der Waals surface area contributed by atoms with Gasteiger partial charge in [0.2, 0.25) is 0 Å². The summed E-state index contributed by atoms with van der Waals surface area (Å²) in [5.74, 6) is 2.26. The van der Waals surface area contributed by atoms with Gasteiger partial charge in [0.15, 0.2) is 11.5 Å². The Morgan fingerprint density at radius 3 is 2.45 bits per heavy atom. The molecule has 2 aromatic carbocycles. The summed E-state index contributed by atoms with van der Waals surface area (Å²) in [7, 11) is 3.26. The molecule has 0 fully saturated rings. The van der Waals surface area contributed by atoms with Crippen molar-refractivity contribution in [3.8, 4) is 11.5 Å². The van der Waals surface area contributed by atoms with Crippen molar-refractivity contribution in [2.75, 3.05) is 20.8 Å². The van der Waals surface area contributed by atoms with Crippen molar-refractivity contribution in [1.29, 1.82) is 0 Å². The third-order valence-corrected chi connectivity index (χ3v) is 3.53. The van der Waals surface area contributed by atoms with E-state index in [9.17, 15) is 0 Å². The molecule has 0 unspecified atom stereocenters. The molecule has 0 N–H and O–H groups in total. The van der Waals surface area contributed by atoms with Crippen molar-refractivity contribution < 1.29 is 14.2 Å². The third kappa shape index (κ3) is 2.98. The molecule has 3 nitrogen and oxygen atoms in total. The minimum atomic E-state index is 0.582. The van der Waals surface area contributed by atoms with Crippen LogP contribution in [0, 0.1) is 0 Å². The molecule has 0 atom stereocenters. The van der Waals surface area contributed by atoms with Crippen molar-refractivity contribution in [1.82, 2.24) is 0 Å². The molecule has 0 spiro atoms.